The van der Waals surface area contributed by atoms with Crippen LogP contribution in [0.3, 0.4) is 0 Å². The summed E-state index contributed by atoms with van der Waals surface area (Å²) < 4.78 is 12.8. The predicted molar refractivity (Wildman–Crippen MR) is 152 cm³/mol. The van der Waals surface area contributed by atoms with Crippen LogP contribution in [-0.4, -0.2) is 22.6 Å². The van der Waals surface area contributed by atoms with Gasteiger partial charge in [-0.2, -0.15) is 0 Å². The number of aromatic nitrogens is 1. The number of halogens is 1. The molecule has 2 aromatic carbocycles. The number of ether oxygens (including phenoxy) is 1. The summed E-state index contributed by atoms with van der Waals surface area (Å²) >= 11 is 7.44. The van der Waals surface area contributed by atoms with Gasteiger partial charge in [-0.15, -0.1) is 0 Å². The molecule has 9 nitrogen and oxygen atoms in total. The van der Waals surface area contributed by atoms with E-state index in [1.165, 1.54) is 41.2 Å². The van der Waals surface area contributed by atoms with Gasteiger partial charge in [0.25, 0.3) is 11.2 Å². The summed E-state index contributed by atoms with van der Waals surface area (Å²) in [5.41, 5.74) is 2.55. The third-order valence-corrected chi connectivity index (χ3v) is 7.98. The molecular formula is C29H24ClN3O6S. The number of nitro benzene ring substituents is 1. The van der Waals surface area contributed by atoms with Crippen molar-refractivity contribution >= 4 is 40.7 Å². The quantitative estimate of drug-likeness (QED) is 0.173. The van der Waals surface area contributed by atoms with E-state index >= 15 is 0 Å². The van der Waals surface area contributed by atoms with Gasteiger partial charge in [-0.05, 0) is 42.2 Å². The molecule has 0 saturated carbocycles. The summed E-state index contributed by atoms with van der Waals surface area (Å²) in [4.78, 5) is 42.3. The molecule has 0 saturated heterocycles. The standard InChI is InChI=1S/C29H24ClN3O6S/c1-15(2)17-5-7-18(8-6-17)26-25(28(35)38-4)16(3)31-29-32(26)27(34)24(40-29)14-20-10-12-23(39-20)21-13-19(33(36)37)9-11-22(21)30/h5-15,26H,1-4H3/b24-14-. The summed E-state index contributed by atoms with van der Waals surface area (Å²) in [7, 11) is 1.30. The number of thiazole rings is 1. The van der Waals surface area contributed by atoms with Crippen LogP contribution in [0.25, 0.3) is 17.4 Å². The average Bonchev–Trinajstić information content (AvgIpc) is 3.51. The van der Waals surface area contributed by atoms with Crippen LogP contribution in [0.4, 0.5) is 5.69 Å². The molecule has 204 valence electrons. The minimum atomic E-state index is -0.720. The van der Waals surface area contributed by atoms with Crippen molar-refractivity contribution in [2.24, 2.45) is 4.99 Å². The molecule has 4 aromatic rings. The normalized spacial score (nSPS) is 15.2. The number of rotatable bonds is 6. The van der Waals surface area contributed by atoms with Gasteiger partial charge in [-0.25, -0.2) is 9.79 Å². The first-order chi connectivity index (χ1) is 19.1. The number of allylic oxidation sites excluding steroid dienone is 1. The van der Waals surface area contributed by atoms with Gasteiger partial charge < -0.3 is 9.15 Å². The van der Waals surface area contributed by atoms with E-state index in [0.29, 0.717) is 48.6 Å². The molecule has 0 fully saturated rings. The summed E-state index contributed by atoms with van der Waals surface area (Å²) in [5, 5.41) is 11.5. The van der Waals surface area contributed by atoms with Crippen LogP contribution < -0.4 is 14.9 Å². The molecule has 3 heterocycles. The third-order valence-electron chi connectivity index (χ3n) is 6.67. The SMILES string of the molecule is COC(=O)C1=C(C)N=c2s/c(=C\c3ccc(-c4cc([N+](=O)[O-])ccc4Cl)o3)c(=O)n2C1c1ccc(C(C)C)cc1. The summed E-state index contributed by atoms with van der Waals surface area (Å²) in [6.07, 6.45) is 1.58. The Bertz CT molecular complexity index is 1860. The zero-order valence-corrected chi connectivity index (χ0v) is 23.6. The maximum Gasteiger partial charge on any atom is 0.338 e. The Balaban J connectivity index is 1.62. The largest absolute Gasteiger partial charge is 0.466 e. The maximum absolute atomic E-state index is 13.8. The summed E-state index contributed by atoms with van der Waals surface area (Å²) in [6, 6.07) is 14.5. The van der Waals surface area contributed by atoms with E-state index in [0.717, 1.165) is 11.1 Å². The van der Waals surface area contributed by atoms with Gasteiger partial charge in [-0.1, -0.05) is 61.1 Å². The van der Waals surface area contributed by atoms with Crippen LogP contribution in [0.15, 0.2) is 80.1 Å². The fraction of sp³-hybridized carbons (Fsp3) is 0.207. The summed E-state index contributed by atoms with van der Waals surface area (Å²) in [5.74, 6) is 0.436. The first-order valence-corrected chi connectivity index (χ1v) is 13.5. The van der Waals surface area contributed by atoms with Gasteiger partial charge in [0.15, 0.2) is 4.80 Å². The van der Waals surface area contributed by atoms with Gasteiger partial charge in [0.2, 0.25) is 0 Å². The fourth-order valence-corrected chi connectivity index (χ4v) is 5.83. The van der Waals surface area contributed by atoms with Crippen LogP contribution in [0.2, 0.25) is 5.02 Å². The van der Waals surface area contributed by atoms with Gasteiger partial charge in [0, 0.05) is 23.8 Å². The molecule has 0 spiro atoms. The van der Waals surface area contributed by atoms with Crippen molar-refractivity contribution in [2.45, 2.75) is 32.7 Å². The topological polar surface area (TPSA) is 117 Å². The molecular weight excluding hydrogens is 554 g/mol. The maximum atomic E-state index is 13.8. The Kier molecular flexibility index (Phi) is 7.31. The van der Waals surface area contributed by atoms with Crippen molar-refractivity contribution in [3.63, 3.8) is 0 Å². The van der Waals surface area contributed by atoms with Crippen LogP contribution in [0.5, 0.6) is 0 Å². The molecule has 0 radical (unpaired) electrons. The first kappa shape index (κ1) is 27.3. The van der Waals surface area contributed by atoms with Crippen molar-refractivity contribution in [3.8, 4) is 11.3 Å². The first-order valence-electron chi connectivity index (χ1n) is 12.3. The lowest BCUT2D eigenvalue weighted by atomic mass is 9.93. The zero-order valence-electron chi connectivity index (χ0n) is 22.0. The van der Waals surface area contributed by atoms with Crippen molar-refractivity contribution in [1.82, 2.24) is 4.57 Å². The molecule has 1 aliphatic heterocycles. The minimum Gasteiger partial charge on any atom is -0.466 e. The second kappa shape index (κ2) is 10.7. The number of non-ortho nitro benzene ring substituents is 1. The number of benzene rings is 2. The van der Waals surface area contributed by atoms with Crippen LogP contribution in [0.1, 0.15) is 49.6 Å². The third kappa shape index (κ3) is 4.91. The highest BCUT2D eigenvalue weighted by molar-refractivity contribution is 7.07. The Morgan fingerprint density at radius 3 is 2.58 bits per heavy atom. The Labute approximate surface area is 237 Å². The van der Waals surface area contributed by atoms with Gasteiger partial charge in [0.05, 0.1) is 38.9 Å². The molecule has 0 bridgehead atoms. The van der Waals surface area contributed by atoms with E-state index in [1.54, 1.807) is 25.1 Å². The number of nitrogens with zero attached hydrogens (tertiary/aromatic N) is 3. The lowest BCUT2D eigenvalue weighted by Crippen LogP contribution is -2.39. The van der Waals surface area contributed by atoms with E-state index < -0.39 is 16.9 Å². The van der Waals surface area contributed by atoms with Crippen molar-refractivity contribution in [2.75, 3.05) is 7.11 Å². The number of nitro groups is 1. The van der Waals surface area contributed by atoms with Crippen molar-refractivity contribution < 1.29 is 18.9 Å². The number of furan rings is 1. The van der Waals surface area contributed by atoms with Crippen LogP contribution in [-0.2, 0) is 9.53 Å². The second-order valence-corrected chi connectivity index (χ2v) is 10.9. The number of hydrogen-bond donors (Lipinski definition) is 0. The molecule has 0 amide bonds. The number of esters is 1. The van der Waals surface area contributed by atoms with E-state index in [1.807, 2.05) is 24.3 Å². The number of carbonyl (C=O) groups is 1. The van der Waals surface area contributed by atoms with Crippen molar-refractivity contribution in [3.05, 3.63) is 118 Å². The van der Waals surface area contributed by atoms with Gasteiger partial charge in [0.1, 0.15) is 11.5 Å². The van der Waals surface area contributed by atoms with E-state index in [9.17, 15) is 19.7 Å². The van der Waals surface area contributed by atoms with Gasteiger partial charge in [-0.3, -0.25) is 19.5 Å². The lowest BCUT2D eigenvalue weighted by molar-refractivity contribution is -0.384. The molecule has 2 aromatic heterocycles. The van der Waals surface area contributed by atoms with Crippen LogP contribution in [0, 0.1) is 10.1 Å². The Morgan fingerprint density at radius 1 is 1.20 bits per heavy atom. The Morgan fingerprint density at radius 2 is 1.93 bits per heavy atom. The zero-order chi connectivity index (χ0) is 28.7. The Hall–Kier alpha value is -4.28. The second-order valence-electron chi connectivity index (χ2n) is 9.52. The number of hydrogen-bond acceptors (Lipinski definition) is 8. The number of fused-ring (bicyclic) bond motifs is 1. The smallest absolute Gasteiger partial charge is 0.338 e. The molecule has 5 rings (SSSR count). The molecule has 1 atom stereocenters. The minimum absolute atomic E-state index is 0.121. The molecule has 0 N–H and O–H groups in total. The monoisotopic (exact) mass is 577 g/mol. The van der Waals surface area contributed by atoms with E-state index in [4.69, 9.17) is 20.8 Å². The average molecular weight is 578 g/mol. The highest BCUT2D eigenvalue weighted by Gasteiger charge is 2.33. The number of methoxy groups -OCH3 is 1. The molecule has 0 aliphatic carbocycles. The molecule has 1 aliphatic rings. The van der Waals surface area contributed by atoms with Gasteiger partial charge >= 0.3 is 5.97 Å². The van der Waals surface area contributed by atoms with E-state index in [-0.39, 0.29) is 11.2 Å². The molecule has 40 heavy (non-hydrogen) atoms. The van der Waals surface area contributed by atoms with E-state index in [2.05, 4.69) is 18.8 Å². The molecule has 11 heteroatoms. The fourth-order valence-electron chi connectivity index (χ4n) is 4.59. The predicted octanol–water partition coefficient (Wildman–Crippen LogP) is 5.35. The van der Waals surface area contributed by atoms with Crippen LogP contribution >= 0.6 is 22.9 Å². The molecule has 1 unspecified atom stereocenters. The highest BCUT2D eigenvalue weighted by Crippen LogP contribution is 2.33. The van der Waals surface area contributed by atoms with Crippen molar-refractivity contribution in [1.29, 1.82) is 0 Å². The highest BCUT2D eigenvalue weighted by atomic mass is 35.5. The number of carbonyl (C=O) groups excluding carboxylic acids is 1. The lowest BCUT2D eigenvalue weighted by Gasteiger charge is -2.24. The summed E-state index contributed by atoms with van der Waals surface area (Å²) in [6.45, 7) is 5.91.